The standard InChI is InChI=1S/C18H34N2O2/c1-5-14-10-16(19-11-15-8-6-7-9-15)13-20(12-14)17(21)22-18(2,3)4/h14-16,19H,5-13H2,1-4H3. The van der Waals surface area contributed by atoms with Crippen molar-refractivity contribution in [3.8, 4) is 0 Å². The van der Waals surface area contributed by atoms with Gasteiger partial charge in [0.1, 0.15) is 5.60 Å². The highest BCUT2D eigenvalue weighted by atomic mass is 16.6. The van der Waals surface area contributed by atoms with Crippen molar-refractivity contribution >= 4 is 6.09 Å². The molecule has 1 aliphatic carbocycles. The van der Waals surface area contributed by atoms with Crippen molar-refractivity contribution in [3.63, 3.8) is 0 Å². The molecule has 0 aromatic heterocycles. The van der Waals surface area contributed by atoms with E-state index in [1.54, 1.807) is 0 Å². The van der Waals surface area contributed by atoms with E-state index in [1.807, 2.05) is 25.7 Å². The van der Waals surface area contributed by atoms with E-state index in [-0.39, 0.29) is 6.09 Å². The monoisotopic (exact) mass is 310 g/mol. The molecule has 0 bridgehead atoms. The Hall–Kier alpha value is -0.770. The van der Waals surface area contributed by atoms with Gasteiger partial charge in [-0.3, -0.25) is 0 Å². The number of likely N-dealkylation sites (tertiary alicyclic amines) is 1. The number of nitrogens with zero attached hydrogens (tertiary/aromatic N) is 1. The summed E-state index contributed by atoms with van der Waals surface area (Å²) in [6.45, 7) is 10.8. The average molecular weight is 310 g/mol. The third kappa shape index (κ3) is 5.45. The lowest BCUT2D eigenvalue weighted by molar-refractivity contribution is 0.0123. The van der Waals surface area contributed by atoms with Crippen molar-refractivity contribution in [2.75, 3.05) is 19.6 Å². The van der Waals surface area contributed by atoms with Gasteiger partial charge in [0.15, 0.2) is 0 Å². The molecule has 128 valence electrons. The van der Waals surface area contributed by atoms with Crippen molar-refractivity contribution in [1.82, 2.24) is 10.2 Å². The van der Waals surface area contributed by atoms with E-state index in [4.69, 9.17) is 4.74 Å². The van der Waals surface area contributed by atoms with Crippen LogP contribution in [0, 0.1) is 11.8 Å². The molecule has 4 nitrogen and oxygen atoms in total. The summed E-state index contributed by atoms with van der Waals surface area (Å²) in [6, 6.07) is 0.423. The van der Waals surface area contributed by atoms with Crippen LogP contribution in [0.3, 0.4) is 0 Å². The fourth-order valence-electron chi connectivity index (χ4n) is 3.67. The normalized spacial score (nSPS) is 27.2. The van der Waals surface area contributed by atoms with Gasteiger partial charge < -0.3 is 15.0 Å². The summed E-state index contributed by atoms with van der Waals surface area (Å²) in [4.78, 5) is 14.3. The molecule has 2 rings (SSSR count). The highest BCUT2D eigenvalue weighted by molar-refractivity contribution is 5.68. The van der Waals surface area contributed by atoms with Gasteiger partial charge in [-0.2, -0.15) is 0 Å². The Morgan fingerprint density at radius 3 is 2.45 bits per heavy atom. The quantitative estimate of drug-likeness (QED) is 0.858. The summed E-state index contributed by atoms with van der Waals surface area (Å²) in [5, 5.41) is 3.73. The molecule has 2 fully saturated rings. The van der Waals surface area contributed by atoms with Crippen LogP contribution in [-0.4, -0.2) is 42.3 Å². The van der Waals surface area contributed by atoms with Crippen molar-refractivity contribution in [2.45, 2.75) is 77.9 Å². The van der Waals surface area contributed by atoms with Crippen LogP contribution in [0.4, 0.5) is 4.79 Å². The summed E-state index contributed by atoms with van der Waals surface area (Å²) in [5.41, 5.74) is -0.414. The zero-order valence-electron chi connectivity index (χ0n) is 14.9. The van der Waals surface area contributed by atoms with E-state index in [2.05, 4.69) is 12.2 Å². The van der Waals surface area contributed by atoms with E-state index in [1.165, 1.54) is 32.1 Å². The number of carbonyl (C=O) groups excluding carboxylic acids is 1. The zero-order valence-corrected chi connectivity index (χ0v) is 14.9. The Bertz CT molecular complexity index is 359. The molecule has 1 amide bonds. The minimum Gasteiger partial charge on any atom is -0.444 e. The van der Waals surface area contributed by atoms with Gasteiger partial charge in [0, 0.05) is 19.1 Å². The van der Waals surface area contributed by atoms with Gasteiger partial charge in [0.05, 0.1) is 0 Å². The molecule has 0 aromatic rings. The van der Waals surface area contributed by atoms with Gasteiger partial charge in [0.25, 0.3) is 0 Å². The predicted octanol–water partition coefficient (Wildman–Crippen LogP) is 3.80. The first kappa shape index (κ1) is 17.6. The molecule has 4 heteroatoms. The average Bonchev–Trinajstić information content (AvgIpc) is 2.96. The summed E-state index contributed by atoms with van der Waals surface area (Å²) in [7, 11) is 0. The lowest BCUT2D eigenvalue weighted by Gasteiger charge is -2.39. The van der Waals surface area contributed by atoms with Gasteiger partial charge in [-0.15, -0.1) is 0 Å². The van der Waals surface area contributed by atoms with Crippen LogP contribution in [0.2, 0.25) is 0 Å². The lowest BCUT2D eigenvalue weighted by Crippen LogP contribution is -2.52. The minimum absolute atomic E-state index is 0.154. The highest BCUT2D eigenvalue weighted by Crippen LogP contribution is 2.25. The van der Waals surface area contributed by atoms with E-state index in [0.29, 0.717) is 12.0 Å². The molecule has 2 unspecified atom stereocenters. The molecule has 22 heavy (non-hydrogen) atoms. The first-order valence-corrected chi connectivity index (χ1v) is 9.08. The summed E-state index contributed by atoms with van der Waals surface area (Å²) in [6.07, 6.45) is 7.67. The second-order valence-corrected chi connectivity index (χ2v) is 8.15. The largest absolute Gasteiger partial charge is 0.444 e. The number of rotatable bonds is 4. The first-order valence-electron chi connectivity index (χ1n) is 9.08. The maximum Gasteiger partial charge on any atom is 0.410 e. The number of hydrogen-bond acceptors (Lipinski definition) is 3. The van der Waals surface area contributed by atoms with Crippen molar-refractivity contribution < 1.29 is 9.53 Å². The number of amides is 1. The Labute approximate surface area is 136 Å². The Balaban J connectivity index is 1.86. The fourth-order valence-corrected chi connectivity index (χ4v) is 3.67. The second kappa shape index (κ2) is 7.67. The van der Waals surface area contributed by atoms with Crippen molar-refractivity contribution in [2.24, 2.45) is 11.8 Å². The van der Waals surface area contributed by atoms with Gasteiger partial charge in [0.2, 0.25) is 0 Å². The third-order valence-electron chi connectivity index (χ3n) is 4.94. The highest BCUT2D eigenvalue weighted by Gasteiger charge is 2.32. The van der Waals surface area contributed by atoms with Gasteiger partial charge >= 0.3 is 6.09 Å². The molecule has 0 aromatic carbocycles. The molecule has 0 radical (unpaired) electrons. The smallest absolute Gasteiger partial charge is 0.410 e. The van der Waals surface area contributed by atoms with Crippen LogP contribution < -0.4 is 5.32 Å². The molecule has 2 aliphatic rings. The maximum absolute atomic E-state index is 12.4. The summed E-state index contributed by atoms with van der Waals surface area (Å²) in [5.74, 6) is 1.43. The van der Waals surface area contributed by atoms with Crippen LogP contribution >= 0.6 is 0 Å². The lowest BCUT2D eigenvalue weighted by atomic mass is 9.92. The zero-order chi connectivity index (χ0) is 16.2. The number of hydrogen-bond donors (Lipinski definition) is 1. The van der Waals surface area contributed by atoms with Crippen LogP contribution in [0.5, 0.6) is 0 Å². The topological polar surface area (TPSA) is 41.6 Å². The molecule has 2 atom stereocenters. The molecule has 1 aliphatic heterocycles. The molecule has 1 heterocycles. The first-order chi connectivity index (χ1) is 10.4. The molecular weight excluding hydrogens is 276 g/mol. The molecule has 1 N–H and O–H groups in total. The minimum atomic E-state index is -0.414. The number of carbonyl (C=O) groups is 1. The third-order valence-corrected chi connectivity index (χ3v) is 4.94. The van der Waals surface area contributed by atoms with Gasteiger partial charge in [-0.25, -0.2) is 4.79 Å². The van der Waals surface area contributed by atoms with E-state index < -0.39 is 5.60 Å². The summed E-state index contributed by atoms with van der Waals surface area (Å²) >= 11 is 0. The Morgan fingerprint density at radius 2 is 1.86 bits per heavy atom. The van der Waals surface area contributed by atoms with Crippen LogP contribution in [-0.2, 0) is 4.74 Å². The van der Waals surface area contributed by atoms with Crippen LogP contribution in [0.1, 0.15) is 66.2 Å². The number of ether oxygens (including phenoxy) is 1. The van der Waals surface area contributed by atoms with Crippen molar-refractivity contribution in [3.05, 3.63) is 0 Å². The fraction of sp³-hybridized carbons (Fsp3) is 0.944. The van der Waals surface area contributed by atoms with Gasteiger partial charge in [-0.1, -0.05) is 26.2 Å². The van der Waals surface area contributed by atoms with Crippen LogP contribution in [0.25, 0.3) is 0 Å². The van der Waals surface area contributed by atoms with Crippen molar-refractivity contribution in [1.29, 1.82) is 0 Å². The molecule has 0 spiro atoms. The molecule has 1 saturated heterocycles. The maximum atomic E-state index is 12.4. The molecular formula is C18H34N2O2. The van der Waals surface area contributed by atoms with Gasteiger partial charge in [-0.05, 0) is 58.4 Å². The number of piperidine rings is 1. The molecule has 1 saturated carbocycles. The second-order valence-electron chi connectivity index (χ2n) is 8.15. The van der Waals surface area contributed by atoms with E-state index in [0.717, 1.165) is 32.0 Å². The SMILES string of the molecule is CCC1CC(NCC2CCCC2)CN(C(=O)OC(C)(C)C)C1. The van der Waals surface area contributed by atoms with E-state index >= 15 is 0 Å². The van der Waals surface area contributed by atoms with Crippen LogP contribution in [0.15, 0.2) is 0 Å². The number of nitrogens with one attached hydrogen (secondary N) is 1. The van der Waals surface area contributed by atoms with E-state index in [9.17, 15) is 4.79 Å². The predicted molar refractivity (Wildman–Crippen MR) is 90.0 cm³/mol. The Kier molecular flexibility index (Phi) is 6.13. The Morgan fingerprint density at radius 1 is 1.18 bits per heavy atom. The summed E-state index contributed by atoms with van der Waals surface area (Å²) < 4.78 is 5.56.